The monoisotopic (exact) mass is 279 g/mol. The van der Waals surface area contributed by atoms with Gasteiger partial charge in [-0.25, -0.2) is 0 Å². The Balaban J connectivity index is 1.72. The highest BCUT2D eigenvalue weighted by atomic mass is 16.5. The zero-order chi connectivity index (χ0) is 14.4. The number of rotatable bonds is 6. The summed E-state index contributed by atoms with van der Waals surface area (Å²) in [5, 5.41) is 18.0. The summed E-state index contributed by atoms with van der Waals surface area (Å²) >= 11 is 0. The lowest BCUT2D eigenvalue weighted by molar-refractivity contribution is 0.0392. The van der Waals surface area contributed by atoms with Gasteiger partial charge in [-0.15, -0.1) is 0 Å². The standard InChI is InChI=1S/C14H22BNO4/c1-16(13-6-9-19-10-7-13)8-11-20-14-4-2-12(3-5-14)15(17)18/h2-5,13,17-18H,6-11H2,1H3. The summed E-state index contributed by atoms with van der Waals surface area (Å²) in [5.74, 6) is 0.745. The van der Waals surface area contributed by atoms with Gasteiger partial charge in [0.1, 0.15) is 12.4 Å². The number of hydrogen-bond acceptors (Lipinski definition) is 5. The van der Waals surface area contributed by atoms with Gasteiger partial charge in [-0.1, -0.05) is 12.1 Å². The molecule has 1 fully saturated rings. The Bertz CT molecular complexity index is 393. The molecule has 1 aliphatic heterocycles. The molecular weight excluding hydrogens is 257 g/mol. The second-order valence-electron chi connectivity index (χ2n) is 5.12. The van der Waals surface area contributed by atoms with Gasteiger partial charge in [-0.3, -0.25) is 4.90 Å². The predicted molar refractivity (Wildman–Crippen MR) is 78.2 cm³/mol. The molecule has 1 heterocycles. The average Bonchev–Trinajstić information content (AvgIpc) is 2.48. The molecule has 2 N–H and O–H groups in total. The van der Waals surface area contributed by atoms with Gasteiger partial charge in [0.05, 0.1) is 0 Å². The van der Waals surface area contributed by atoms with Crippen LogP contribution in [0, 0.1) is 0 Å². The van der Waals surface area contributed by atoms with Crippen LogP contribution in [0.2, 0.25) is 0 Å². The van der Waals surface area contributed by atoms with E-state index in [2.05, 4.69) is 11.9 Å². The SMILES string of the molecule is CN(CCOc1ccc(B(O)O)cc1)C1CCOCC1. The van der Waals surface area contributed by atoms with Gasteiger partial charge in [0, 0.05) is 25.8 Å². The quantitative estimate of drug-likeness (QED) is 0.709. The Labute approximate surface area is 120 Å². The molecule has 1 saturated heterocycles. The number of benzene rings is 1. The van der Waals surface area contributed by atoms with Gasteiger partial charge in [0.15, 0.2) is 0 Å². The first kappa shape index (κ1) is 15.3. The van der Waals surface area contributed by atoms with Gasteiger partial charge in [0.25, 0.3) is 0 Å². The topological polar surface area (TPSA) is 62.2 Å². The van der Waals surface area contributed by atoms with E-state index >= 15 is 0 Å². The first-order valence-electron chi connectivity index (χ1n) is 7.03. The van der Waals surface area contributed by atoms with Gasteiger partial charge < -0.3 is 19.5 Å². The number of hydrogen-bond donors (Lipinski definition) is 2. The Morgan fingerprint density at radius 3 is 2.50 bits per heavy atom. The lowest BCUT2D eigenvalue weighted by atomic mass is 9.80. The van der Waals surface area contributed by atoms with Crippen molar-refractivity contribution in [2.24, 2.45) is 0 Å². The summed E-state index contributed by atoms with van der Waals surface area (Å²) in [5.41, 5.74) is 0.469. The van der Waals surface area contributed by atoms with Crippen LogP contribution < -0.4 is 10.2 Å². The fourth-order valence-corrected chi connectivity index (χ4v) is 2.35. The lowest BCUT2D eigenvalue weighted by Gasteiger charge is -2.31. The van der Waals surface area contributed by atoms with E-state index in [1.54, 1.807) is 24.3 Å². The molecule has 0 saturated carbocycles. The van der Waals surface area contributed by atoms with Crippen LogP contribution in [0.3, 0.4) is 0 Å². The van der Waals surface area contributed by atoms with Crippen molar-refractivity contribution in [3.05, 3.63) is 24.3 Å². The lowest BCUT2D eigenvalue weighted by Crippen LogP contribution is -2.38. The molecule has 1 aromatic carbocycles. The predicted octanol–water partition coefficient (Wildman–Crippen LogP) is -0.144. The van der Waals surface area contributed by atoms with E-state index in [1.165, 1.54) is 0 Å². The molecule has 1 aliphatic rings. The summed E-state index contributed by atoms with van der Waals surface area (Å²) in [6.07, 6.45) is 2.17. The molecule has 2 rings (SSSR count). The van der Waals surface area contributed by atoms with Crippen molar-refractivity contribution in [1.29, 1.82) is 0 Å². The van der Waals surface area contributed by atoms with Crippen molar-refractivity contribution in [3.8, 4) is 5.75 Å². The van der Waals surface area contributed by atoms with E-state index in [-0.39, 0.29) is 0 Å². The Hall–Kier alpha value is -1.08. The van der Waals surface area contributed by atoms with E-state index < -0.39 is 7.12 Å². The first-order valence-corrected chi connectivity index (χ1v) is 7.03. The molecule has 0 spiro atoms. The van der Waals surface area contributed by atoms with Gasteiger partial charge in [-0.2, -0.15) is 0 Å². The van der Waals surface area contributed by atoms with E-state index in [4.69, 9.17) is 19.5 Å². The van der Waals surface area contributed by atoms with Crippen LogP contribution in [0.5, 0.6) is 5.75 Å². The summed E-state index contributed by atoms with van der Waals surface area (Å²) in [7, 11) is 0.689. The highest BCUT2D eigenvalue weighted by Gasteiger charge is 2.18. The van der Waals surface area contributed by atoms with Crippen molar-refractivity contribution >= 4 is 12.6 Å². The molecule has 1 aromatic rings. The van der Waals surface area contributed by atoms with Crippen LogP contribution in [0.4, 0.5) is 0 Å². The first-order chi connectivity index (χ1) is 9.66. The van der Waals surface area contributed by atoms with Crippen LogP contribution in [-0.4, -0.2) is 61.5 Å². The fourth-order valence-electron chi connectivity index (χ4n) is 2.35. The molecule has 110 valence electrons. The van der Waals surface area contributed by atoms with Crippen molar-refractivity contribution < 1.29 is 19.5 Å². The maximum atomic E-state index is 9.01. The Kier molecular flexibility index (Phi) is 5.85. The second-order valence-corrected chi connectivity index (χ2v) is 5.12. The molecule has 0 aromatic heterocycles. The largest absolute Gasteiger partial charge is 0.492 e. The third-order valence-corrected chi connectivity index (χ3v) is 3.71. The zero-order valence-electron chi connectivity index (χ0n) is 11.9. The minimum absolute atomic E-state index is 0.469. The highest BCUT2D eigenvalue weighted by molar-refractivity contribution is 6.58. The van der Waals surface area contributed by atoms with Crippen molar-refractivity contribution in [1.82, 2.24) is 4.90 Å². The molecule has 0 unspecified atom stereocenters. The minimum Gasteiger partial charge on any atom is -0.492 e. The van der Waals surface area contributed by atoms with E-state index in [0.29, 0.717) is 18.1 Å². The molecule has 0 bridgehead atoms. The maximum Gasteiger partial charge on any atom is 0.488 e. The molecular formula is C14H22BNO4. The normalized spacial score (nSPS) is 16.4. The molecule has 6 heteroatoms. The third-order valence-electron chi connectivity index (χ3n) is 3.71. The van der Waals surface area contributed by atoms with E-state index in [0.717, 1.165) is 38.3 Å². The Morgan fingerprint density at radius 2 is 1.90 bits per heavy atom. The molecule has 0 aliphatic carbocycles. The zero-order valence-corrected chi connectivity index (χ0v) is 11.9. The van der Waals surface area contributed by atoms with Crippen LogP contribution in [-0.2, 0) is 4.74 Å². The summed E-state index contributed by atoms with van der Waals surface area (Å²) in [4.78, 5) is 2.31. The minimum atomic E-state index is -1.43. The highest BCUT2D eigenvalue weighted by Crippen LogP contribution is 2.13. The fraction of sp³-hybridized carbons (Fsp3) is 0.571. The number of nitrogens with zero attached hydrogens (tertiary/aromatic N) is 1. The van der Waals surface area contributed by atoms with E-state index in [1.807, 2.05) is 0 Å². The van der Waals surface area contributed by atoms with Crippen molar-refractivity contribution in [2.75, 3.05) is 33.4 Å². The van der Waals surface area contributed by atoms with Gasteiger partial charge >= 0.3 is 7.12 Å². The Morgan fingerprint density at radius 1 is 1.25 bits per heavy atom. The van der Waals surface area contributed by atoms with Gasteiger partial charge in [-0.05, 0) is 37.5 Å². The molecule has 0 atom stereocenters. The summed E-state index contributed by atoms with van der Waals surface area (Å²) in [6, 6.07) is 7.40. The maximum absolute atomic E-state index is 9.01. The number of ether oxygens (including phenoxy) is 2. The molecule has 20 heavy (non-hydrogen) atoms. The van der Waals surface area contributed by atoms with Crippen LogP contribution in [0.1, 0.15) is 12.8 Å². The average molecular weight is 279 g/mol. The smallest absolute Gasteiger partial charge is 0.488 e. The summed E-state index contributed by atoms with van der Waals surface area (Å²) in [6.45, 7) is 3.19. The number of likely N-dealkylation sites (N-methyl/N-ethyl adjacent to an activating group) is 1. The van der Waals surface area contributed by atoms with Crippen LogP contribution >= 0.6 is 0 Å². The van der Waals surface area contributed by atoms with Crippen LogP contribution in [0.25, 0.3) is 0 Å². The molecule has 0 amide bonds. The van der Waals surface area contributed by atoms with Crippen LogP contribution in [0.15, 0.2) is 24.3 Å². The summed E-state index contributed by atoms with van der Waals surface area (Å²) < 4.78 is 11.0. The van der Waals surface area contributed by atoms with Crippen molar-refractivity contribution in [2.45, 2.75) is 18.9 Å². The van der Waals surface area contributed by atoms with E-state index in [9.17, 15) is 0 Å². The molecule has 0 radical (unpaired) electrons. The van der Waals surface area contributed by atoms with Gasteiger partial charge in [0.2, 0.25) is 0 Å². The third kappa shape index (κ3) is 4.49. The van der Waals surface area contributed by atoms with Crippen molar-refractivity contribution in [3.63, 3.8) is 0 Å². The second kappa shape index (κ2) is 7.64. The molecule has 5 nitrogen and oxygen atoms in total.